The van der Waals surface area contributed by atoms with E-state index in [9.17, 15) is 22.8 Å². The number of carbonyl (C=O) groups is 1. The van der Waals surface area contributed by atoms with Crippen molar-refractivity contribution < 1.29 is 31.9 Å². The summed E-state index contributed by atoms with van der Waals surface area (Å²) in [5.41, 5.74) is -3.47. The van der Waals surface area contributed by atoms with Crippen LogP contribution in [0, 0.1) is 0 Å². The highest BCUT2D eigenvalue weighted by Crippen LogP contribution is 2.38. The zero-order valence-corrected chi connectivity index (χ0v) is 22.3. The van der Waals surface area contributed by atoms with Gasteiger partial charge in [0, 0.05) is 23.1 Å². The number of carbonyl (C=O) groups excluding carboxylic acids is 1. The predicted molar refractivity (Wildman–Crippen MR) is 141 cm³/mol. The third-order valence-corrected chi connectivity index (χ3v) is 6.80. The molecule has 0 N–H and O–H groups in total. The average Bonchev–Trinajstić information content (AvgIpc) is 2.82. The Morgan fingerprint density at radius 1 is 0.974 bits per heavy atom. The van der Waals surface area contributed by atoms with E-state index in [1.54, 1.807) is 45.9 Å². The Kier molecular flexibility index (Phi) is 8.44. The van der Waals surface area contributed by atoms with Gasteiger partial charge in [0.05, 0.1) is 11.1 Å². The molecule has 1 aromatic heterocycles. The van der Waals surface area contributed by atoms with Crippen molar-refractivity contribution in [1.29, 1.82) is 0 Å². The fraction of sp³-hybridized carbons (Fsp3) is 0.400. The van der Waals surface area contributed by atoms with Crippen LogP contribution in [0.15, 0.2) is 64.3 Å². The number of unbranched alkanes of at least 4 members (excludes halogenated alkanes) is 2. The molecule has 3 aromatic rings. The van der Waals surface area contributed by atoms with Gasteiger partial charge >= 0.3 is 17.8 Å². The lowest BCUT2D eigenvalue weighted by Crippen LogP contribution is -2.52. The number of halogens is 3. The van der Waals surface area contributed by atoms with E-state index in [1.807, 2.05) is 6.92 Å². The smallest absolute Gasteiger partial charge is 0.417 e. The molecule has 0 radical (unpaired) electrons. The van der Waals surface area contributed by atoms with Gasteiger partial charge in [-0.25, -0.2) is 9.59 Å². The van der Waals surface area contributed by atoms with Crippen LogP contribution in [0.5, 0.6) is 5.75 Å². The molecule has 2 aromatic carbocycles. The molecule has 0 saturated heterocycles. The number of benzene rings is 2. The quantitative estimate of drug-likeness (QED) is 0.115. The molecule has 38 heavy (non-hydrogen) atoms. The van der Waals surface area contributed by atoms with Crippen molar-refractivity contribution in [3.8, 4) is 16.9 Å². The van der Waals surface area contributed by atoms with E-state index in [-0.39, 0.29) is 16.7 Å². The van der Waals surface area contributed by atoms with Crippen LogP contribution in [-0.4, -0.2) is 17.2 Å². The molecule has 8 heteroatoms. The maximum Gasteiger partial charge on any atom is 0.417 e. The molecule has 0 aliphatic heterocycles. The SMILES string of the molecule is C=CC(=O)OC(C)(C)C(C)(C)Oc1ccc2cc(-c3ccc(CCCCC)cc3C(F)(F)F)c(=O)oc2c1. The second-order valence-electron chi connectivity index (χ2n) is 10.2. The lowest BCUT2D eigenvalue weighted by atomic mass is 9.89. The first kappa shape index (κ1) is 29.0. The Morgan fingerprint density at radius 2 is 1.68 bits per heavy atom. The highest BCUT2D eigenvalue weighted by atomic mass is 19.4. The summed E-state index contributed by atoms with van der Waals surface area (Å²) >= 11 is 0. The topological polar surface area (TPSA) is 65.7 Å². The summed E-state index contributed by atoms with van der Waals surface area (Å²) in [6, 6.07) is 10.2. The van der Waals surface area contributed by atoms with E-state index in [4.69, 9.17) is 13.9 Å². The fourth-order valence-electron chi connectivity index (χ4n) is 3.97. The zero-order valence-electron chi connectivity index (χ0n) is 22.3. The van der Waals surface area contributed by atoms with E-state index in [0.717, 1.165) is 31.4 Å². The van der Waals surface area contributed by atoms with Gasteiger partial charge in [-0.1, -0.05) is 38.5 Å². The summed E-state index contributed by atoms with van der Waals surface area (Å²) in [7, 11) is 0. The largest absolute Gasteiger partial charge is 0.484 e. The molecule has 0 atom stereocenters. The molecule has 0 unspecified atom stereocenters. The van der Waals surface area contributed by atoms with Crippen LogP contribution in [0.1, 0.15) is 65.0 Å². The Bertz CT molecular complexity index is 1380. The van der Waals surface area contributed by atoms with Gasteiger partial charge in [-0.05, 0) is 70.4 Å². The summed E-state index contributed by atoms with van der Waals surface area (Å²) in [6.45, 7) is 12.3. The lowest BCUT2D eigenvalue weighted by Gasteiger charge is -2.40. The van der Waals surface area contributed by atoms with Crippen molar-refractivity contribution >= 4 is 16.9 Å². The van der Waals surface area contributed by atoms with Gasteiger partial charge in [0.2, 0.25) is 0 Å². The summed E-state index contributed by atoms with van der Waals surface area (Å²) in [5.74, 6) is -0.274. The van der Waals surface area contributed by atoms with E-state index >= 15 is 0 Å². The normalized spacial score (nSPS) is 12.4. The lowest BCUT2D eigenvalue weighted by molar-refractivity contribution is -0.170. The summed E-state index contributed by atoms with van der Waals surface area (Å²) < 4.78 is 58.8. The molecule has 1 heterocycles. The Labute approximate surface area is 220 Å². The maximum atomic E-state index is 14.0. The first-order valence-electron chi connectivity index (χ1n) is 12.5. The fourth-order valence-corrected chi connectivity index (χ4v) is 3.97. The molecular weight excluding hydrogens is 497 g/mol. The molecule has 0 bridgehead atoms. The molecular formula is C30H33F3O5. The van der Waals surface area contributed by atoms with E-state index in [2.05, 4.69) is 6.58 Å². The van der Waals surface area contributed by atoms with Gasteiger partial charge in [0.1, 0.15) is 22.5 Å². The first-order chi connectivity index (χ1) is 17.7. The number of alkyl halides is 3. The van der Waals surface area contributed by atoms with Gasteiger partial charge in [0.15, 0.2) is 0 Å². The number of hydrogen-bond donors (Lipinski definition) is 0. The molecule has 0 aliphatic carbocycles. The zero-order chi connectivity index (χ0) is 28.3. The molecule has 0 saturated carbocycles. The van der Waals surface area contributed by atoms with Crippen LogP contribution in [0.2, 0.25) is 0 Å². The molecule has 0 spiro atoms. The maximum absolute atomic E-state index is 14.0. The van der Waals surface area contributed by atoms with E-state index in [1.165, 1.54) is 18.2 Å². The number of esters is 1. The molecule has 204 valence electrons. The first-order valence-corrected chi connectivity index (χ1v) is 12.5. The van der Waals surface area contributed by atoms with Gasteiger partial charge in [-0.15, -0.1) is 0 Å². The number of hydrogen-bond acceptors (Lipinski definition) is 5. The summed E-state index contributed by atoms with van der Waals surface area (Å²) in [6.07, 6.45) is -0.357. The van der Waals surface area contributed by atoms with Crippen LogP contribution in [0.25, 0.3) is 22.1 Å². The minimum atomic E-state index is -4.64. The Morgan fingerprint density at radius 3 is 2.32 bits per heavy atom. The summed E-state index contributed by atoms with van der Waals surface area (Å²) in [4.78, 5) is 24.6. The van der Waals surface area contributed by atoms with Gasteiger partial charge < -0.3 is 13.9 Å². The van der Waals surface area contributed by atoms with E-state index in [0.29, 0.717) is 23.1 Å². The minimum absolute atomic E-state index is 0.151. The van der Waals surface area contributed by atoms with Crippen LogP contribution < -0.4 is 10.4 Å². The van der Waals surface area contributed by atoms with Crippen molar-refractivity contribution in [2.45, 2.75) is 77.7 Å². The number of fused-ring (bicyclic) bond motifs is 1. The average molecular weight is 531 g/mol. The second-order valence-corrected chi connectivity index (χ2v) is 10.2. The van der Waals surface area contributed by atoms with Crippen LogP contribution in [0.3, 0.4) is 0 Å². The van der Waals surface area contributed by atoms with Gasteiger partial charge in [-0.2, -0.15) is 13.2 Å². The third-order valence-electron chi connectivity index (χ3n) is 6.80. The van der Waals surface area contributed by atoms with Crippen LogP contribution in [0.4, 0.5) is 13.2 Å². The number of aryl methyl sites for hydroxylation is 1. The molecule has 3 rings (SSSR count). The van der Waals surface area contributed by atoms with Crippen molar-refractivity contribution in [1.82, 2.24) is 0 Å². The van der Waals surface area contributed by atoms with Crippen LogP contribution >= 0.6 is 0 Å². The standard InChI is InChI=1S/C30H33F3O5/c1-7-9-10-11-19-12-15-22(24(16-19)30(31,32)33)23-17-20-13-14-21(18-25(20)36-27(23)35)37-28(3,4)29(5,6)38-26(34)8-2/h8,12-18H,2,7,9-11H2,1,3-6H3. The second kappa shape index (κ2) is 11.1. The Balaban J connectivity index is 1.98. The Hall–Kier alpha value is -3.55. The highest BCUT2D eigenvalue weighted by molar-refractivity contribution is 5.84. The third kappa shape index (κ3) is 6.47. The van der Waals surface area contributed by atoms with Crippen molar-refractivity contribution in [2.75, 3.05) is 0 Å². The molecule has 0 fully saturated rings. The van der Waals surface area contributed by atoms with Gasteiger partial charge in [-0.3, -0.25) is 0 Å². The highest BCUT2D eigenvalue weighted by Gasteiger charge is 2.42. The summed E-state index contributed by atoms with van der Waals surface area (Å²) in [5, 5.41) is 0.433. The minimum Gasteiger partial charge on any atom is -0.484 e. The molecule has 0 amide bonds. The number of ether oxygens (including phenoxy) is 2. The van der Waals surface area contributed by atoms with Crippen LogP contribution in [-0.2, 0) is 22.1 Å². The van der Waals surface area contributed by atoms with Crippen molar-refractivity contribution in [3.63, 3.8) is 0 Å². The van der Waals surface area contributed by atoms with Crippen molar-refractivity contribution in [2.24, 2.45) is 0 Å². The molecule has 5 nitrogen and oxygen atoms in total. The van der Waals surface area contributed by atoms with Gasteiger partial charge in [0.25, 0.3) is 0 Å². The predicted octanol–water partition coefficient (Wildman–Crippen LogP) is 7.88. The van der Waals surface area contributed by atoms with E-state index < -0.39 is 34.5 Å². The van der Waals surface area contributed by atoms with Crippen molar-refractivity contribution in [3.05, 3.63) is 76.7 Å². The molecule has 0 aliphatic rings. The number of rotatable bonds is 10. The monoisotopic (exact) mass is 530 g/mol.